The highest BCUT2D eigenvalue weighted by molar-refractivity contribution is 5.95. The quantitative estimate of drug-likeness (QED) is 0.944. The van der Waals surface area contributed by atoms with Crippen LogP contribution in [-0.4, -0.2) is 40.7 Å². The number of hydrogen-bond acceptors (Lipinski definition) is 3. The van der Waals surface area contributed by atoms with Crippen molar-refractivity contribution in [2.75, 3.05) is 13.7 Å². The van der Waals surface area contributed by atoms with E-state index in [9.17, 15) is 4.79 Å². The summed E-state index contributed by atoms with van der Waals surface area (Å²) in [7, 11) is 1.69. The van der Waals surface area contributed by atoms with Crippen molar-refractivity contribution < 1.29 is 9.53 Å². The van der Waals surface area contributed by atoms with Crippen LogP contribution in [0.25, 0.3) is 0 Å². The predicted octanol–water partition coefficient (Wildman–Crippen LogP) is 2.57. The van der Waals surface area contributed by atoms with Crippen LogP contribution in [-0.2, 0) is 6.42 Å². The molecule has 0 saturated carbocycles. The largest absolute Gasteiger partial charge is 0.496 e. The van der Waals surface area contributed by atoms with Crippen LogP contribution in [0.2, 0.25) is 0 Å². The van der Waals surface area contributed by atoms with E-state index >= 15 is 0 Å². The molecule has 0 radical (unpaired) electrons. The smallest absolute Gasteiger partial charge is 0.257 e. The maximum atomic E-state index is 12.7. The molecule has 3 rings (SSSR count). The molecular formula is C17H21N3O2. The number of likely N-dealkylation sites (tertiary alicyclic amines) is 1. The molecule has 2 aromatic rings. The number of carbonyl (C=O) groups is 1. The molecule has 1 N–H and O–H groups in total. The van der Waals surface area contributed by atoms with Crippen LogP contribution in [0.3, 0.4) is 0 Å². The Morgan fingerprint density at radius 3 is 3.00 bits per heavy atom. The van der Waals surface area contributed by atoms with Crippen molar-refractivity contribution >= 4 is 5.91 Å². The maximum absolute atomic E-state index is 12.7. The fraction of sp³-hybridized carbons (Fsp3) is 0.412. The first kappa shape index (κ1) is 14.6. The van der Waals surface area contributed by atoms with Gasteiger partial charge in [-0.25, -0.2) is 0 Å². The first-order valence-corrected chi connectivity index (χ1v) is 7.63. The van der Waals surface area contributed by atoms with Gasteiger partial charge in [0, 0.05) is 18.3 Å². The van der Waals surface area contributed by atoms with Crippen molar-refractivity contribution in [1.29, 1.82) is 0 Å². The third-order valence-electron chi connectivity index (χ3n) is 4.35. The average Bonchev–Trinajstić information content (AvgIpc) is 3.16. The molecule has 0 spiro atoms. The number of para-hydroxylation sites is 1. The normalized spacial score (nSPS) is 17.7. The lowest BCUT2D eigenvalue weighted by atomic mass is 10.0. The van der Waals surface area contributed by atoms with Crippen LogP contribution in [0, 0.1) is 6.92 Å². The standard InChI is InChI=1S/C17H21N3O2/c1-12-15(11-18-19-12)17(21)20-9-5-7-14(20)10-13-6-3-4-8-16(13)22-2/h3-4,6,8,11,14H,5,7,9-10H2,1-2H3,(H,18,19)/t14-/m1/s1. The molecule has 116 valence electrons. The van der Waals surface area contributed by atoms with Crippen LogP contribution in [0.5, 0.6) is 5.75 Å². The molecule has 5 nitrogen and oxygen atoms in total. The van der Waals surface area contributed by atoms with Gasteiger partial charge in [0.15, 0.2) is 0 Å². The molecule has 1 fully saturated rings. The van der Waals surface area contributed by atoms with Gasteiger partial charge in [-0.05, 0) is 37.8 Å². The Balaban J connectivity index is 1.79. The minimum absolute atomic E-state index is 0.0728. The summed E-state index contributed by atoms with van der Waals surface area (Å²) in [6.45, 7) is 2.69. The molecule has 5 heteroatoms. The number of benzene rings is 1. The minimum atomic E-state index is 0.0728. The first-order valence-electron chi connectivity index (χ1n) is 7.63. The summed E-state index contributed by atoms with van der Waals surface area (Å²) in [5.41, 5.74) is 2.65. The second-order valence-corrected chi connectivity index (χ2v) is 5.72. The number of rotatable bonds is 4. The Kier molecular flexibility index (Phi) is 4.13. The average molecular weight is 299 g/mol. The monoisotopic (exact) mass is 299 g/mol. The van der Waals surface area contributed by atoms with Gasteiger partial charge in [-0.2, -0.15) is 5.10 Å². The van der Waals surface area contributed by atoms with E-state index in [0.717, 1.165) is 42.8 Å². The molecule has 1 amide bonds. The lowest BCUT2D eigenvalue weighted by Crippen LogP contribution is -2.37. The molecule has 1 aromatic carbocycles. The number of H-pyrrole nitrogens is 1. The van der Waals surface area contributed by atoms with Crippen molar-refractivity contribution in [1.82, 2.24) is 15.1 Å². The topological polar surface area (TPSA) is 58.2 Å². The third-order valence-corrected chi connectivity index (χ3v) is 4.35. The Labute approximate surface area is 130 Å². The summed E-state index contributed by atoms with van der Waals surface area (Å²) >= 11 is 0. The lowest BCUT2D eigenvalue weighted by Gasteiger charge is -2.25. The summed E-state index contributed by atoms with van der Waals surface area (Å²) in [4.78, 5) is 14.7. The highest BCUT2D eigenvalue weighted by Crippen LogP contribution is 2.27. The lowest BCUT2D eigenvalue weighted by molar-refractivity contribution is 0.0735. The highest BCUT2D eigenvalue weighted by Gasteiger charge is 2.31. The highest BCUT2D eigenvalue weighted by atomic mass is 16.5. The van der Waals surface area contributed by atoms with Crippen LogP contribution in [0.15, 0.2) is 30.5 Å². The number of methoxy groups -OCH3 is 1. The summed E-state index contributed by atoms with van der Waals surface area (Å²) in [6.07, 6.45) is 4.52. The van der Waals surface area contributed by atoms with E-state index in [2.05, 4.69) is 16.3 Å². The van der Waals surface area contributed by atoms with Gasteiger partial charge in [-0.1, -0.05) is 18.2 Å². The van der Waals surface area contributed by atoms with Crippen molar-refractivity contribution in [3.05, 3.63) is 47.3 Å². The van der Waals surface area contributed by atoms with E-state index in [4.69, 9.17) is 4.74 Å². The molecule has 1 saturated heterocycles. The molecule has 1 aliphatic rings. The fourth-order valence-corrected chi connectivity index (χ4v) is 3.16. The van der Waals surface area contributed by atoms with Gasteiger partial charge in [0.1, 0.15) is 5.75 Å². The van der Waals surface area contributed by atoms with Gasteiger partial charge in [0.05, 0.1) is 18.9 Å². The molecule has 0 aliphatic carbocycles. The molecule has 0 bridgehead atoms. The Hall–Kier alpha value is -2.30. The van der Waals surface area contributed by atoms with E-state index in [1.54, 1.807) is 13.3 Å². The van der Waals surface area contributed by atoms with E-state index < -0.39 is 0 Å². The number of aryl methyl sites for hydroxylation is 1. The summed E-state index contributed by atoms with van der Waals surface area (Å²) in [5.74, 6) is 0.963. The van der Waals surface area contributed by atoms with Crippen LogP contribution < -0.4 is 4.74 Å². The Bertz CT molecular complexity index is 665. The molecule has 2 heterocycles. The van der Waals surface area contributed by atoms with Crippen molar-refractivity contribution in [3.8, 4) is 5.75 Å². The van der Waals surface area contributed by atoms with Crippen LogP contribution in [0.1, 0.15) is 34.5 Å². The number of nitrogens with zero attached hydrogens (tertiary/aromatic N) is 2. The number of nitrogens with one attached hydrogen (secondary N) is 1. The van der Waals surface area contributed by atoms with Crippen molar-refractivity contribution in [3.63, 3.8) is 0 Å². The third kappa shape index (κ3) is 2.71. The van der Waals surface area contributed by atoms with Gasteiger partial charge >= 0.3 is 0 Å². The molecule has 1 aliphatic heterocycles. The van der Waals surface area contributed by atoms with Crippen LogP contribution in [0.4, 0.5) is 0 Å². The zero-order valence-electron chi connectivity index (χ0n) is 13.0. The van der Waals surface area contributed by atoms with Crippen molar-refractivity contribution in [2.45, 2.75) is 32.2 Å². The molecule has 22 heavy (non-hydrogen) atoms. The zero-order valence-corrected chi connectivity index (χ0v) is 13.0. The number of carbonyl (C=O) groups excluding carboxylic acids is 1. The zero-order chi connectivity index (χ0) is 15.5. The van der Waals surface area contributed by atoms with Gasteiger partial charge in [0.25, 0.3) is 5.91 Å². The van der Waals surface area contributed by atoms with Crippen molar-refractivity contribution in [2.24, 2.45) is 0 Å². The Morgan fingerprint density at radius 2 is 2.27 bits per heavy atom. The molecule has 1 atom stereocenters. The van der Waals surface area contributed by atoms with Gasteiger partial charge in [-0.15, -0.1) is 0 Å². The Morgan fingerprint density at radius 1 is 1.45 bits per heavy atom. The van der Waals surface area contributed by atoms with E-state index in [1.165, 1.54) is 0 Å². The predicted molar refractivity (Wildman–Crippen MR) is 84.1 cm³/mol. The minimum Gasteiger partial charge on any atom is -0.496 e. The van der Waals surface area contributed by atoms with E-state index in [-0.39, 0.29) is 11.9 Å². The summed E-state index contributed by atoms with van der Waals surface area (Å²) < 4.78 is 5.42. The summed E-state index contributed by atoms with van der Waals surface area (Å²) in [6, 6.07) is 8.24. The molecular weight excluding hydrogens is 278 g/mol. The van der Waals surface area contributed by atoms with Crippen LogP contribution >= 0.6 is 0 Å². The van der Waals surface area contributed by atoms with Gasteiger partial charge in [0.2, 0.25) is 0 Å². The van der Waals surface area contributed by atoms with Gasteiger partial charge in [-0.3, -0.25) is 9.89 Å². The van der Waals surface area contributed by atoms with E-state index in [1.807, 2.05) is 30.0 Å². The number of ether oxygens (including phenoxy) is 1. The maximum Gasteiger partial charge on any atom is 0.257 e. The molecule has 1 aromatic heterocycles. The second-order valence-electron chi connectivity index (χ2n) is 5.72. The van der Waals surface area contributed by atoms with Gasteiger partial charge < -0.3 is 9.64 Å². The van der Waals surface area contributed by atoms with E-state index in [0.29, 0.717) is 5.56 Å². The summed E-state index contributed by atoms with van der Waals surface area (Å²) in [5, 5.41) is 6.80. The SMILES string of the molecule is COc1ccccc1C[C@H]1CCCN1C(=O)c1cn[nH]c1C. The number of amides is 1. The molecule has 0 unspecified atom stereocenters. The fourth-order valence-electron chi connectivity index (χ4n) is 3.16. The number of aromatic amines is 1. The second kappa shape index (κ2) is 6.22. The number of hydrogen-bond donors (Lipinski definition) is 1. The number of aromatic nitrogens is 2. The first-order chi connectivity index (χ1) is 10.7.